The molecule has 0 unspecified atom stereocenters. The van der Waals surface area contributed by atoms with Crippen LogP contribution in [0.5, 0.6) is 0 Å². The van der Waals surface area contributed by atoms with E-state index in [0.29, 0.717) is 16.1 Å². The second kappa shape index (κ2) is 7.44. The number of amides is 1. The number of rotatable bonds is 4. The monoisotopic (exact) mass is 352 g/mol. The number of nitrogens with zero attached hydrogens (tertiary/aromatic N) is 1. The lowest BCUT2D eigenvalue weighted by molar-refractivity contribution is -0.119. The lowest BCUT2D eigenvalue weighted by Crippen LogP contribution is -2.22. The fraction of sp³-hybridized carbons (Fsp3) is 0.188. The molecular formula is C16H14Cl2N2O3. The van der Waals surface area contributed by atoms with Gasteiger partial charge in [-0.15, -0.1) is 0 Å². The van der Waals surface area contributed by atoms with E-state index in [4.69, 9.17) is 27.9 Å². The summed E-state index contributed by atoms with van der Waals surface area (Å²) in [5, 5.41) is 3.13. The van der Waals surface area contributed by atoms with Crippen molar-refractivity contribution in [1.82, 2.24) is 4.98 Å². The third kappa shape index (κ3) is 4.21. The summed E-state index contributed by atoms with van der Waals surface area (Å²) in [5.41, 5.74) is 1.80. The summed E-state index contributed by atoms with van der Waals surface area (Å²) in [6, 6.07) is 6.96. The Morgan fingerprint density at radius 3 is 2.61 bits per heavy atom. The first kappa shape index (κ1) is 17.2. The molecule has 7 heteroatoms. The van der Waals surface area contributed by atoms with Gasteiger partial charge in [-0.1, -0.05) is 41.4 Å². The number of hydrogen-bond acceptors (Lipinski definition) is 4. The molecular weight excluding hydrogens is 339 g/mol. The highest BCUT2D eigenvalue weighted by Crippen LogP contribution is 2.28. The van der Waals surface area contributed by atoms with Crippen molar-refractivity contribution in [3.63, 3.8) is 0 Å². The third-order valence-electron chi connectivity index (χ3n) is 3.16. The molecule has 0 saturated carbocycles. The molecule has 0 bridgehead atoms. The van der Waals surface area contributed by atoms with Crippen molar-refractivity contribution in [2.45, 2.75) is 13.8 Å². The van der Waals surface area contributed by atoms with E-state index in [-0.39, 0.29) is 10.8 Å². The van der Waals surface area contributed by atoms with Crippen molar-refractivity contribution in [1.29, 1.82) is 0 Å². The average molecular weight is 353 g/mol. The van der Waals surface area contributed by atoms with Gasteiger partial charge in [0.1, 0.15) is 0 Å². The van der Waals surface area contributed by atoms with Gasteiger partial charge in [0.15, 0.2) is 12.4 Å². The van der Waals surface area contributed by atoms with Crippen LogP contribution < -0.4 is 5.32 Å². The molecule has 5 nitrogen and oxygen atoms in total. The molecule has 2 rings (SSSR count). The summed E-state index contributed by atoms with van der Waals surface area (Å²) in [7, 11) is 0. The van der Waals surface area contributed by atoms with Gasteiger partial charge in [-0.2, -0.15) is 0 Å². The van der Waals surface area contributed by atoms with E-state index in [9.17, 15) is 9.59 Å². The molecule has 0 atom stereocenters. The van der Waals surface area contributed by atoms with E-state index < -0.39 is 18.5 Å². The summed E-state index contributed by atoms with van der Waals surface area (Å²) in [5.74, 6) is -0.932. The first-order chi connectivity index (χ1) is 10.9. The standard InChI is InChI=1S/C16H14Cl2N2O3/c1-9-5-3-4-6-11(9)16(22)23-8-13(21)20-15-14(18)10(2)12(17)7-19-15/h3-7H,8H2,1-2H3,(H,19,20,21). The summed E-state index contributed by atoms with van der Waals surface area (Å²) >= 11 is 11.9. The number of esters is 1. The van der Waals surface area contributed by atoms with Gasteiger partial charge in [0.25, 0.3) is 5.91 Å². The predicted molar refractivity (Wildman–Crippen MR) is 89.1 cm³/mol. The maximum Gasteiger partial charge on any atom is 0.338 e. The number of benzene rings is 1. The molecule has 1 amide bonds. The smallest absolute Gasteiger partial charge is 0.338 e. The SMILES string of the molecule is Cc1ccccc1C(=O)OCC(=O)Nc1ncc(Cl)c(C)c1Cl. The largest absolute Gasteiger partial charge is 0.452 e. The summed E-state index contributed by atoms with van der Waals surface area (Å²) in [6.45, 7) is 3.06. The molecule has 120 valence electrons. The Bertz CT molecular complexity index is 763. The zero-order chi connectivity index (χ0) is 17.0. The van der Waals surface area contributed by atoms with Crippen LogP contribution in [0.25, 0.3) is 0 Å². The van der Waals surface area contributed by atoms with Crippen LogP contribution in [0.3, 0.4) is 0 Å². The van der Waals surface area contributed by atoms with Crippen LogP contribution >= 0.6 is 23.2 Å². The Hall–Kier alpha value is -2.11. The Labute approximate surface area is 143 Å². The Balaban J connectivity index is 1.97. The third-order valence-corrected chi connectivity index (χ3v) is 4.00. The van der Waals surface area contributed by atoms with Gasteiger partial charge in [-0.05, 0) is 31.0 Å². The van der Waals surface area contributed by atoms with Crippen LogP contribution in [0.15, 0.2) is 30.5 Å². The van der Waals surface area contributed by atoms with Crippen molar-refractivity contribution < 1.29 is 14.3 Å². The Morgan fingerprint density at radius 2 is 1.91 bits per heavy atom. The van der Waals surface area contributed by atoms with Gasteiger partial charge >= 0.3 is 5.97 Å². The maximum atomic E-state index is 11.9. The van der Waals surface area contributed by atoms with Crippen molar-refractivity contribution in [2.75, 3.05) is 11.9 Å². The summed E-state index contributed by atoms with van der Waals surface area (Å²) in [6.07, 6.45) is 1.39. The molecule has 0 aliphatic heterocycles. The number of carbonyl (C=O) groups excluding carboxylic acids is 2. The fourth-order valence-electron chi connectivity index (χ4n) is 1.82. The van der Waals surface area contributed by atoms with Crippen molar-refractivity contribution in [3.05, 3.63) is 57.2 Å². The average Bonchev–Trinajstić information content (AvgIpc) is 2.53. The number of aromatic nitrogens is 1. The number of aryl methyl sites for hydroxylation is 1. The van der Waals surface area contributed by atoms with Gasteiger partial charge in [-0.25, -0.2) is 9.78 Å². The van der Waals surface area contributed by atoms with Gasteiger partial charge in [0.05, 0.1) is 15.6 Å². The molecule has 0 radical (unpaired) electrons. The van der Waals surface area contributed by atoms with Gasteiger partial charge < -0.3 is 10.1 Å². The van der Waals surface area contributed by atoms with E-state index in [1.54, 1.807) is 32.0 Å². The Morgan fingerprint density at radius 1 is 1.22 bits per heavy atom. The minimum Gasteiger partial charge on any atom is -0.452 e. The van der Waals surface area contributed by atoms with Crippen LogP contribution in [0.4, 0.5) is 5.82 Å². The molecule has 0 fully saturated rings. The molecule has 23 heavy (non-hydrogen) atoms. The minimum absolute atomic E-state index is 0.172. The highest BCUT2D eigenvalue weighted by molar-refractivity contribution is 6.37. The van der Waals surface area contributed by atoms with E-state index >= 15 is 0 Å². The van der Waals surface area contributed by atoms with E-state index in [0.717, 1.165) is 5.56 Å². The van der Waals surface area contributed by atoms with Crippen molar-refractivity contribution in [2.24, 2.45) is 0 Å². The molecule has 0 spiro atoms. The molecule has 0 saturated heterocycles. The minimum atomic E-state index is -0.565. The summed E-state index contributed by atoms with van der Waals surface area (Å²) in [4.78, 5) is 27.7. The first-order valence-corrected chi connectivity index (χ1v) is 7.49. The van der Waals surface area contributed by atoms with Crippen LogP contribution in [0.1, 0.15) is 21.5 Å². The molecule has 1 aromatic carbocycles. The number of halogens is 2. The molecule has 1 N–H and O–H groups in total. The van der Waals surface area contributed by atoms with Gasteiger partial charge in [0.2, 0.25) is 0 Å². The molecule has 0 aliphatic rings. The molecule has 1 heterocycles. The maximum absolute atomic E-state index is 11.9. The van der Waals surface area contributed by atoms with E-state index in [2.05, 4.69) is 10.3 Å². The molecule has 0 aliphatic carbocycles. The van der Waals surface area contributed by atoms with E-state index in [1.807, 2.05) is 6.07 Å². The lowest BCUT2D eigenvalue weighted by Gasteiger charge is -2.10. The topological polar surface area (TPSA) is 68.3 Å². The first-order valence-electron chi connectivity index (χ1n) is 6.73. The number of carbonyl (C=O) groups is 2. The molecule has 1 aromatic heterocycles. The summed E-state index contributed by atoms with van der Waals surface area (Å²) < 4.78 is 4.99. The number of nitrogens with one attached hydrogen (secondary N) is 1. The second-order valence-electron chi connectivity index (χ2n) is 4.83. The number of hydrogen-bond donors (Lipinski definition) is 1. The van der Waals surface area contributed by atoms with Crippen LogP contribution in [0, 0.1) is 13.8 Å². The van der Waals surface area contributed by atoms with Crippen LogP contribution in [-0.2, 0) is 9.53 Å². The van der Waals surface area contributed by atoms with Gasteiger partial charge in [0, 0.05) is 6.20 Å². The van der Waals surface area contributed by atoms with E-state index in [1.165, 1.54) is 6.20 Å². The quantitative estimate of drug-likeness (QED) is 0.849. The van der Waals surface area contributed by atoms with Crippen LogP contribution in [0.2, 0.25) is 10.0 Å². The number of pyridine rings is 1. The second-order valence-corrected chi connectivity index (χ2v) is 5.62. The number of ether oxygens (including phenoxy) is 1. The highest BCUT2D eigenvalue weighted by atomic mass is 35.5. The zero-order valence-electron chi connectivity index (χ0n) is 12.5. The zero-order valence-corrected chi connectivity index (χ0v) is 14.0. The highest BCUT2D eigenvalue weighted by Gasteiger charge is 2.15. The van der Waals surface area contributed by atoms with Crippen molar-refractivity contribution in [3.8, 4) is 0 Å². The Kier molecular flexibility index (Phi) is 5.58. The van der Waals surface area contributed by atoms with Crippen molar-refractivity contribution >= 4 is 40.9 Å². The number of anilines is 1. The van der Waals surface area contributed by atoms with Gasteiger partial charge in [-0.3, -0.25) is 4.79 Å². The lowest BCUT2D eigenvalue weighted by atomic mass is 10.1. The molecule has 2 aromatic rings. The van der Waals surface area contributed by atoms with Crippen LogP contribution in [-0.4, -0.2) is 23.5 Å². The fourth-order valence-corrected chi connectivity index (χ4v) is 2.21. The predicted octanol–water partition coefficient (Wildman–Crippen LogP) is 3.80. The normalized spacial score (nSPS) is 10.3.